The van der Waals surface area contributed by atoms with E-state index in [-0.39, 0.29) is 10.2 Å². The molecule has 1 aromatic rings. The molecular formula is C17H22O2S2. The van der Waals surface area contributed by atoms with Gasteiger partial charge >= 0.3 is 5.97 Å². The Morgan fingerprint density at radius 3 is 2.29 bits per heavy atom. The van der Waals surface area contributed by atoms with Gasteiger partial charge in [0.05, 0.1) is 5.56 Å². The van der Waals surface area contributed by atoms with Gasteiger partial charge in [-0.3, -0.25) is 0 Å². The molecule has 0 aromatic heterocycles. The summed E-state index contributed by atoms with van der Waals surface area (Å²) in [7, 11) is 3.61. The third-order valence-corrected chi connectivity index (χ3v) is 6.19. The highest BCUT2D eigenvalue weighted by Gasteiger charge is 2.28. The molecule has 0 aliphatic heterocycles. The lowest BCUT2D eigenvalue weighted by molar-refractivity contribution is 0.0697. The minimum atomic E-state index is -0.888. The van der Waals surface area contributed by atoms with Crippen molar-refractivity contribution in [1.82, 2.24) is 0 Å². The smallest absolute Gasteiger partial charge is 0.335 e. The van der Waals surface area contributed by atoms with Crippen molar-refractivity contribution in [1.29, 1.82) is 0 Å². The van der Waals surface area contributed by atoms with Crippen LogP contribution < -0.4 is 0 Å². The van der Waals surface area contributed by atoms with Crippen LogP contribution in [-0.4, -0.2) is 15.8 Å². The lowest BCUT2D eigenvalue weighted by atomic mass is 9.84. The molecule has 4 heteroatoms. The maximum absolute atomic E-state index is 10.8. The van der Waals surface area contributed by atoms with Crippen LogP contribution in [-0.2, 0) is 5.75 Å². The standard InChI is InChI=1S/C17H22O2S2/c1-6-16(2,3)12-17(4,5)21-20-11-13-7-9-14(10-8-13)15(18)19/h1,7-10H,11-12H2,2-5H3,(H,18,19). The van der Waals surface area contributed by atoms with Crippen molar-refractivity contribution in [3.05, 3.63) is 35.4 Å². The summed E-state index contributed by atoms with van der Waals surface area (Å²) in [6.07, 6.45) is 6.51. The molecular weight excluding hydrogens is 300 g/mol. The molecule has 0 radical (unpaired) electrons. The third-order valence-electron chi connectivity index (χ3n) is 2.97. The Bertz CT molecular complexity index is 525. The first-order chi connectivity index (χ1) is 9.65. The van der Waals surface area contributed by atoms with Crippen molar-refractivity contribution >= 4 is 27.6 Å². The van der Waals surface area contributed by atoms with Crippen molar-refractivity contribution in [3.63, 3.8) is 0 Å². The van der Waals surface area contributed by atoms with Crippen LogP contribution in [0.25, 0.3) is 0 Å². The van der Waals surface area contributed by atoms with Crippen molar-refractivity contribution < 1.29 is 9.90 Å². The number of carboxylic acids is 1. The highest BCUT2D eigenvalue weighted by atomic mass is 33.1. The van der Waals surface area contributed by atoms with Crippen molar-refractivity contribution in [2.24, 2.45) is 5.41 Å². The van der Waals surface area contributed by atoms with Gasteiger partial charge in [0, 0.05) is 15.9 Å². The van der Waals surface area contributed by atoms with Crippen molar-refractivity contribution in [2.45, 2.75) is 44.6 Å². The minimum absolute atomic E-state index is 0.0970. The zero-order valence-corrected chi connectivity index (χ0v) is 14.6. The van der Waals surface area contributed by atoms with Gasteiger partial charge in [0.25, 0.3) is 0 Å². The highest BCUT2D eigenvalue weighted by Crippen LogP contribution is 2.43. The summed E-state index contributed by atoms with van der Waals surface area (Å²) in [6.45, 7) is 8.59. The Morgan fingerprint density at radius 1 is 1.24 bits per heavy atom. The Hall–Kier alpha value is -1.05. The summed E-state index contributed by atoms with van der Waals surface area (Å²) in [5.41, 5.74) is 1.36. The molecule has 0 atom stereocenters. The zero-order valence-electron chi connectivity index (χ0n) is 13.0. The first-order valence-electron chi connectivity index (χ1n) is 6.76. The second kappa shape index (κ2) is 7.29. The quantitative estimate of drug-likeness (QED) is 0.560. The van der Waals surface area contributed by atoms with Gasteiger partial charge in [-0.1, -0.05) is 33.7 Å². The van der Waals surface area contributed by atoms with Crippen LogP contribution in [0.3, 0.4) is 0 Å². The van der Waals surface area contributed by atoms with Crippen LogP contribution in [0.1, 0.15) is 50.0 Å². The number of hydrogen-bond donors (Lipinski definition) is 1. The summed E-state index contributed by atoms with van der Waals surface area (Å²) < 4.78 is 0.0988. The fourth-order valence-corrected chi connectivity index (χ4v) is 4.99. The predicted octanol–water partition coefficient (Wildman–Crippen LogP) is 5.09. The number of rotatable bonds is 7. The number of aromatic carboxylic acids is 1. The van der Waals surface area contributed by atoms with E-state index in [0.29, 0.717) is 5.56 Å². The Balaban J connectivity index is 2.49. The van der Waals surface area contributed by atoms with Gasteiger partial charge < -0.3 is 5.11 Å². The maximum atomic E-state index is 10.8. The molecule has 0 heterocycles. The Kier molecular flexibility index (Phi) is 6.24. The van der Waals surface area contributed by atoms with Crippen LogP contribution in [0.15, 0.2) is 24.3 Å². The van der Waals surface area contributed by atoms with E-state index < -0.39 is 5.97 Å². The summed E-state index contributed by atoms with van der Waals surface area (Å²) >= 11 is 0. The highest BCUT2D eigenvalue weighted by molar-refractivity contribution is 8.76. The summed E-state index contributed by atoms with van der Waals surface area (Å²) in [6, 6.07) is 7.04. The first kappa shape index (κ1) is 18.0. The first-order valence-corrected chi connectivity index (χ1v) is 9.08. The Morgan fingerprint density at radius 2 is 1.81 bits per heavy atom. The minimum Gasteiger partial charge on any atom is -0.478 e. The van der Waals surface area contributed by atoms with E-state index in [2.05, 4.69) is 33.6 Å². The number of carboxylic acid groups (broad SMARTS) is 1. The van der Waals surface area contributed by atoms with Gasteiger partial charge in [0.15, 0.2) is 0 Å². The van der Waals surface area contributed by atoms with Gasteiger partial charge in [-0.05, 0) is 51.8 Å². The molecule has 0 saturated heterocycles. The summed E-state index contributed by atoms with van der Waals surface area (Å²) in [4.78, 5) is 10.8. The molecule has 114 valence electrons. The summed E-state index contributed by atoms with van der Waals surface area (Å²) in [5.74, 6) is 2.81. The van der Waals surface area contributed by atoms with Gasteiger partial charge in [0.1, 0.15) is 0 Å². The van der Waals surface area contributed by atoms with Crippen LogP contribution >= 0.6 is 21.6 Å². The fourth-order valence-electron chi connectivity index (χ4n) is 2.15. The SMILES string of the molecule is C#CC(C)(C)CC(C)(C)SSCc1ccc(C(=O)O)cc1. The number of terminal acetylenes is 1. The van der Waals surface area contributed by atoms with Crippen LogP contribution in [0.4, 0.5) is 0 Å². The number of hydrogen-bond acceptors (Lipinski definition) is 3. The van der Waals surface area contributed by atoms with Crippen LogP contribution in [0.2, 0.25) is 0 Å². The molecule has 0 saturated carbocycles. The van der Waals surface area contributed by atoms with E-state index in [1.54, 1.807) is 22.9 Å². The molecule has 0 unspecified atom stereocenters. The molecule has 0 aliphatic carbocycles. The lowest BCUT2D eigenvalue weighted by Crippen LogP contribution is -2.23. The van der Waals surface area contributed by atoms with E-state index >= 15 is 0 Å². The molecule has 21 heavy (non-hydrogen) atoms. The average molecular weight is 322 g/mol. The van der Waals surface area contributed by atoms with Crippen LogP contribution in [0, 0.1) is 17.8 Å². The molecule has 2 nitrogen and oxygen atoms in total. The average Bonchev–Trinajstić information content (AvgIpc) is 2.38. The number of carbonyl (C=O) groups is 1. The fraction of sp³-hybridized carbons (Fsp3) is 0.471. The van der Waals surface area contributed by atoms with Gasteiger partial charge in [-0.2, -0.15) is 0 Å². The van der Waals surface area contributed by atoms with E-state index in [0.717, 1.165) is 17.7 Å². The van der Waals surface area contributed by atoms with E-state index in [1.165, 1.54) is 0 Å². The summed E-state index contributed by atoms with van der Waals surface area (Å²) in [5, 5.41) is 8.86. The monoisotopic (exact) mass is 322 g/mol. The van der Waals surface area contributed by atoms with Crippen molar-refractivity contribution in [3.8, 4) is 12.3 Å². The van der Waals surface area contributed by atoms with Gasteiger partial charge in [0.2, 0.25) is 0 Å². The van der Waals surface area contributed by atoms with Gasteiger partial charge in [-0.25, -0.2) is 4.79 Å². The second-order valence-corrected chi connectivity index (χ2v) is 9.32. The molecule has 0 bridgehead atoms. The van der Waals surface area contributed by atoms with E-state index in [4.69, 9.17) is 11.5 Å². The Labute approximate surface area is 135 Å². The van der Waals surface area contributed by atoms with Crippen LogP contribution in [0.5, 0.6) is 0 Å². The molecule has 1 aromatic carbocycles. The third kappa shape index (κ3) is 6.50. The molecule has 0 spiro atoms. The maximum Gasteiger partial charge on any atom is 0.335 e. The molecule has 1 N–H and O–H groups in total. The molecule has 0 amide bonds. The normalized spacial score (nSPS) is 12.0. The van der Waals surface area contributed by atoms with E-state index in [1.807, 2.05) is 22.9 Å². The van der Waals surface area contributed by atoms with Gasteiger partial charge in [-0.15, -0.1) is 12.3 Å². The second-order valence-electron chi connectivity index (χ2n) is 6.31. The molecule has 0 aliphatic rings. The molecule has 0 fully saturated rings. The van der Waals surface area contributed by atoms with E-state index in [9.17, 15) is 4.79 Å². The van der Waals surface area contributed by atoms with Crippen molar-refractivity contribution in [2.75, 3.05) is 0 Å². The predicted molar refractivity (Wildman–Crippen MR) is 93.6 cm³/mol. The zero-order chi connectivity index (χ0) is 16.1. The lowest BCUT2D eigenvalue weighted by Gasteiger charge is -2.30. The number of benzene rings is 1. The largest absolute Gasteiger partial charge is 0.478 e. The molecule has 1 rings (SSSR count). The topological polar surface area (TPSA) is 37.3 Å².